The molecule has 0 saturated carbocycles. The van der Waals surface area contributed by atoms with Gasteiger partial charge in [-0.1, -0.05) is 6.07 Å². The Hall–Kier alpha value is -2.44. The van der Waals surface area contributed by atoms with Crippen LogP contribution in [0.5, 0.6) is 0 Å². The van der Waals surface area contributed by atoms with Gasteiger partial charge in [-0.3, -0.25) is 14.4 Å². The number of likely N-dealkylation sites (tertiary alicyclic amines) is 1. The normalized spacial score (nSPS) is 23.2. The lowest BCUT2D eigenvalue weighted by molar-refractivity contribution is -0.192. The van der Waals surface area contributed by atoms with Gasteiger partial charge < -0.3 is 15.2 Å². The van der Waals surface area contributed by atoms with Gasteiger partial charge in [-0.15, -0.1) is 11.3 Å². The van der Waals surface area contributed by atoms with Gasteiger partial charge in [0.05, 0.1) is 12.7 Å². The molecule has 3 atom stereocenters. The Morgan fingerprint density at radius 2 is 2.10 bits per heavy atom. The molecule has 31 heavy (non-hydrogen) atoms. The van der Waals surface area contributed by atoms with Crippen molar-refractivity contribution in [3.63, 3.8) is 0 Å². The summed E-state index contributed by atoms with van der Waals surface area (Å²) in [6.45, 7) is 4.46. The van der Waals surface area contributed by atoms with E-state index in [9.17, 15) is 18.0 Å². The van der Waals surface area contributed by atoms with Gasteiger partial charge in [-0.25, -0.2) is 4.79 Å². The molecule has 170 valence electrons. The highest BCUT2D eigenvalue weighted by atomic mass is 32.1. The summed E-state index contributed by atoms with van der Waals surface area (Å²) < 4.78 is 39.3. The molecule has 1 amide bonds. The van der Waals surface area contributed by atoms with E-state index in [1.54, 1.807) is 35.3 Å². The van der Waals surface area contributed by atoms with E-state index in [-0.39, 0.29) is 5.91 Å². The van der Waals surface area contributed by atoms with Crippen molar-refractivity contribution < 1.29 is 32.6 Å². The molecule has 2 aromatic heterocycles. The second-order valence-corrected chi connectivity index (χ2v) is 8.45. The number of carbonyl (C=O) groups is 2. The SMILES string of the molecule is Cn1nccc1C(=O)NC[C@H]1CO[C@@H]2CN(Cc3cccs3)C[C@H]12.O=C(O)C(F)(F)F. The zero-order valence-electron chi connectivity index (χ0n) is 16.7. The highest BCUT2D eigenvalue weighted by molar-refractivity contribution is 7.09. The maximum Gasteiger partial charge on any atom is 0.490 e. The van der Waals surface area contributed by atoms with E-state index in [0.717, 1.165) is 26.2 Å². The average Bonchev–Trinajstić information content (AvgIpc) is 3.46. The van der Waals surface area contributed by atoms with Crippen molar-refractivity contribution in [3.05, 3.63) is 40.3 Å². The molecule has 0 aliphatic carbocycles. The molecule has 0 radical (unpaired) electrons. The van der Waals surface area contributed by atoms with Gasteiger partial charge in [0.25, 0.3) is 5.91 Å². The fourth-order valence-electron chi connectivity index (χ4n) is 3.75. The topological polar surface area (TPSA) is 96.7 Å². The van der Waals surface area contributed by atoms with Gasteiger partial charge in [0.1, 0.15) is 5.69 Å². The first-order valence-electron chi connectivity index (χ1n) is 9.57. The number of ether oxygens (including phenoxy) is 1. The first kappa shape index (κ1) is 23.2. The van der Waals surface area contributed by atoms with Crippen LogP contribution in [0.2, 0.25) is 0 Å². The summed E-state index contributed by atoms with van der Waals surface area (Å²) in [5.74, 6) is -1.92. The van der Waals surface area contributed by atoms with Crippen LogP contribution >= 0.6 is 11.3 Å². The summed E-state index contributed by atoms with van der Waals surface area (Å²) in [6.07, 6.45) is -3.13. The largest absolute Gasteiger partial charge is 0.490 e. The number of carboxylic acids is 1. The first-order chi connectivity index (χ1) is 14.6. The number of aryl methyl sites for hydroxylation is 1. The maximum atomic E-state index is 12.2. The number of hydrogen-bond acceptors (Lipinski definition) is 6. The third kappa shape index (κ3) is 6.05. The molecule has 2 saturated heterocycles. The van der Waals surface area contributed by atoms with E-state index >= 15 is 0 Å². The van der Waals surface area contributed by atoms with Crippen molar-refractivity contribution in [3.8, 4) is 0 Å². The summed E-state index contributed by atoms with van der Waals surface area (Å²) in [6, 6.07) is 6.02. The Morgan fingerprint density at radius 3 is 2.68 bits per heavy atom. The van der Waals surface area contributed by atoms with Gasteiger partial charge in [-0.05, 0) is 17.5 Å². The highest BCUT2D eigenvalue weighted by Crippen LogP contribution is 2.34. The van der Waals surface area contributed by atoms with Crippen LogP contribution < -0.4 is 5.32 Å². The molecule has 2 aromatic rings. The minimum Gasteiger partial charge on any atom is -0.475 e. The van der Waals surface area contributed by atoms with E-state index in [1.165, 1.54) is 4.88 Å². The number of carboxylic acid groups (broad SMARTS) is 1. The molecule has 2 aliphatic heterocycles. The Bertz CT molecular complexity index is 887. The van der Waals surface area contributed by atoms with Crippen LogP contribution in [0.1, 0.15) is 15.4 Å². The molecule has 8 nitrogen and oxygen atoms in total. The predicted octanol–water partition coefficient (Wildman–Crippen LogP) is 1.99. The van der Waals surface area contributed by atoms with Crippen LogP contribution in [0.3, 0.4) is 0 Å². The zero-order valence-corrected chi connectivity index (χ0v) is 17.5. The highest BCUT2D eigenvalue weighted by Gasteiger charge is 2.43. The van der Waals surface area contributed by atoms with Crippen molar-refractivity contribution in [2.75, 3.05) is 26.2 Å². The quantitative estimate of drug-likeness (QED) is 0.709. The number of thiophene rings is 1. The van der Waals surface area contributed by atoms with E-state index < -0.39 is 12.1 Å². The van der Waals surface area contributed by atoms with Crippen LogP contribution in [0.25, 0.3) is 0 Å². The van der Waals surface area contributed by atoms with E-state index in [4.69, 9.17) is 14.6 Å². The maximum absolute atomic E-state index is 12.2. The molecule has 0 bridgehead atoms. The molecule has 0 unspecified atom stereocenters. The number of amides is 1. The summed E-state index contributed by atoms with van der Waals surface area (Å²) in [5, 5.41) is 16.3. The van der Waals surface area contributed by atoms with Crippen molar-refractivity contribution in [1.29, 1.82) is 0 Å². The zero-order chi connectivity index (χ0) is 22.6. The van der Waals surface area contributed by atoms with Crippen molar-refractivity contribution >= 4 is 23.2 Å². The van der Waals surface area contributed by atoms with Crippen molar-refractivity contribution in [1.82, 2.24) is 20.0 Å². The Kier molecular flexibility index (Phi) is 7.34. The molecule has 4 rings (SSSR count). The average molecular weight is 460 g/mol. The number of hydrogen-bond donors (Lipinski definition) is 2. The molecule has 2 N–H and O–H groups in total. The second kappa shape index (κ2) is 9.79. The summed E-state index contributed by atoms with van der Waals surface area (Å²) in [7, 11) is 1.78. The number of rotatable bonds is 5. The number of halogens is 3. The predicted molar refractivity (Wildman–Crippen MR) is 106 cm³/mol. The Balaban J connectivity index is 0.000000339. The molecule has 0 spiro atoms. The monoisotopic (exact) mass is 460 g/mol. The molecule has 4 heterocycles. The summed E-state index contributed by atoms with van der Waals surface area (Å²) >= 11 is 1.80. The number of aromatic nitrogens is 2. The van der Waals surface area contributed by atoms with Gasteiger partial charge >= 0.3 is 12.1 Å². The molecule has 2 aliphatic rings. The number of carbonyl (C=O) groups excluding carboxylic acids is 1. The van der Waals surface area contributed by atoms with E-state index in [1.807, 2.05) is 0 Å². The van der Waals surface area contributed by atoms with Crippen LogP contribution in [0.15, 0.2) is 29.8 Å². The number of aliphatic carboxylic acids is 1. The lowest BCUT2D eigenvalue weighted by atomic mass is 9.93. The Labute approximate surface area is 180 Å². The van der Waals surface area contributed by atoms with Gasteiger partial charge in [0.2, 0.25) is 0 Å². The van der Waals surface area contributed by atoms with Crippen LogP contribution in [0, 0.1) is 11.8 Å². The Morgan fingerprint density at radius 1 is 1.35 bits per heavy atom. The van der Waals surface area contributed by atoms with Gasteiger partial charge in [0.15, 0.2) is 0 Å². The van der Waals surface area contributed by atoms with Crippen molar-refractivity contribution in [2.24, 2.45) is 18.9 Å². The van der Waals surface area contributed by atoms with E-state index in [2.05, 4.69) is 32.8 Å². The molecular formula is C19H23F3N4O4S. The lowest BCUT2D eigenvalue weighted by Crippen LogP contribution is -2.35. The minimum absolute atomic E-state index is 0.0631. The standard InChI is InChI=1S/C17H22N4O2S.C2HF3O2/c1-20-15(4-5-19-20)17(22)18-7-12-11-23-16-10-21(9-14(12)16)8-13-3-2-6-24-13;3-2(4,5)1(6)7/h2-6,12,14,16H,7-11H2,1H3,(H,18,22);(H,6,7)/t12-,14+,16+;/m0./s1. The molecule has 12 heteroatoms. The number of fused-ring (bicyclic) bond motifs is 1. The number of alkyl halides is 3. The van der Waals surface area contributed by atoms with Gasteiger partial charge in [0, 0.05) is 56.1 Å². The van der Waals surface area contributed by atoms with Crippen molar-refractivity contribution in [2.45, 2.75) is 18.8 Å². The van der Waals surface area contributed by atoms with Crippen LogP contribution in [-0.2, 0) is 23.1 Å². The second-order valence-electron chi connectivity index (χ2n) is 7.42. The first-order valence-corrected chi connectivity index (χ1v) is 10.5. The third-order valence-electron chi connectivity index (χ3n) is 5.29. The fraction of sp³-hybridized carbons (Fsp3) is 0.526. The third-order valence-corrected chi connectivity index (χ3v) is 6.16. The summed E-state index contributed by atoms with van der Waals surface area (Å²) in [5.41, 5.74) is 0.594. The summed E-state index contributed by atoms with van der Waals surface area (Å²) in [4.78, 5) is 25.0. The minimum atomic E-state index is -5.08. The number of nitrogens with zero attached hydrogens (tertiary/aromatic N) is 3. The van der Waals surface area contributed by atoms with Gasteiger partial charge in [-0.2, -0.15) is 18.3 Å². The number of nitrogens with one attached hydrogen (secondary N) is 1. The van der Waals surface area contributed by atoms with Crippen LogP contribution in [-0.4, -0.2) is 70.2 Å². The molecule has 2 fully saturated rings. The molecule has 0 aromatic carbocycles. The molecular weight excluding hydrogens is 437 g/mol. The lowest BCUT2D eigenvalue weighted by Gasteiger charge is -2.19. The van der Waals surface area contributed by atoms with Crippen LogP contribution in [0.4, 0.5) is 13.2 Å². The fourth-order valence-corrected chi connectivity index (χ4v) is 4.50. The van der Waals surface area contributed by atoms with E-state index in [0.29, 0.717) is 30.2 Å². The smallest absolute Gasteiger partial charge is 0.475 e.